The van der Waals surface area contributed by atoms with Crippen molar-refractivity contribution in [2.45, 2.75) is 25.9 Å². The number of hydrogen-bond acceptors (Lipinski definition) is 2. The Morgan fingerprint density at radius 3 is 2.50 bits per heavy atom. The zero-order chi connectivity index (χ0) is 14.9. The molecule has 1 aromatic rings. The van der Waals surface area contributed by atoms with Crippen molar-refractivity contribution in [2.75, 3.05) is 18.0 Å². The molecular weight excluding hydrogens is 267 g/mol. The van der Waals surface area contributed by atoms with Crippen LogP contribution in [0.1, 0.15) is 30.9 Å². The van der Waals surface area contributed by atoms with Crippen molar-refractivity contribution in [3.63, 3.8) is 0 Å². The Labute approximate surface area is 116 Å². The van der Waals surface area contributed by atoms with Crippen LogP contribution in [0, 0.1) is 11.3 Å². The van der Waals surface area contributed by atoms with Gasteiger partial charge in [0.2, 0.25) is 0 Å². The summed E-state index contributed by atoms with van der Waals surface area (Å²) in [5, 5.41) is 7.36. The van der Waals surface area contributed by atoms with Gasteiger partial charge in [0.05, 0.1) is 5.56 Å². The molecule has 0 radical (unpaired) electrons. The summed E-state index contributed by atoms with van der Waals surface area (Å²) >= 11 is 0. The molecule has 0 spiro atoms. The molecule has 1 saturated carbocycles. The van der Waals surface area contributed by atoms with Gasteiger partial charge in [-0.1, -0.05) is 0 Å². The van der Waals surface area contributed by atoms with E-state index in [1.165, 1.54) is 25.0 Å². The minimum atomic E-state index is -4.49. The van der Waals surface area contributed by atoms with Crippen molar-refractivity contribution >= 4 is 11.5 Å². The lowest BCUT2D eigenvalue weighted by molar-refractivity contribution is -0.137. The van der Waals surface area contributed by atoms with Crippen LogP contribution < -0.4 is 10.6 Å². The second-order valence-corrected chi connectivity index (χ2v) is 5.12. The van der Waals surface area contributed by atoms with Crippen LogP contribution in [-0.2, 0) is 6.18 Å². The first-order valence-electron chi connectivity index (χ1n) is 6.63. The van der Waals surface area contributed by atoms with Gasteiger partial charge in [-0.3, -0.25) is 5.41 Å². The number of hydrogen-bond donors (Lipinski definition) is 2. The molecule has 1 aliphatic carbocycles. The fourth-order valence-corrected chi connectivity index (χ4v) is 2.23. The molecule has 0 unspecified atom stereocenters. The lowest BCUT2D eigenvalue weighted by Gasteiger charge is -2.24. The molecule has 0 atom stereocenters. The average molecular weight is 285 g/mol. The molecule has 1 fully saturated rings. The van der Waals surface area contributed by atoms with Crippen LogP contribution in [0.2, 0.25) is 0 Å². The van der Waals surface area contributed by atoms with Crippen LogP contribution >= 0.6 is 0 Å². The standard InChI is InChI=1S/C14H18F3N3/c1-2-20(8-9-3-4-9)10-5-6-12(14(15,16)17)11(7-10)13(18)19/h5-7,9H,2-4,8H2,1H3,(H3,18,19). The van der Waals surface area contributed by atoms with Gasteiger partial charge in [-0.2, -0.15) is 13.2 Å². The van der Waals surface area contributed by atoms with Crippen molar-refractivity contribution in [2.24, 2.45) is 11.7 Å². The van der Waals surface area contributed by atoms with Gasteiger partial charge in [0.15, 0.2) is 0 Å². The Morgan fingerprint density at radius 2 is 2.05 bits per heavy atom. The van der Waals surface area contributed by atoms with Crippen LogP contribution in [-0.4, -0.2) is 18.9 Å². The summed E-state index contributed by atoms with van der Waals surface area (Å²) in [6.07, 6.45) is -2.14. The first-order chi connectivity index (χ1) is 9.32. The third-order valence-corrected chi connectivity index (χ3v) is 3.52. The Hall–Kier alpha value is -1.72. The molecule has 0 amide bonds. The minimum Gasteiger partial charge on any atom is -0.384 e. The van der Waals surface area contributed by atoms with Crippen molar-refractivity contribution < 1.29 is 13.2 Å². The van der Waals surface area contributed by atoms with Gasteiger partial charge in [0.25, 0.3) is 0 Å². The summed E-state index contributed by atoms with van der Waals surface area (Å²) in [7, 11) is 0. The maximum Gasteiger partial charge on any atom is 0.417 e. The lowest BCUT2D eigenvalue weighted by atomic mass is 10.0. The molecule has 110 valence electrons. The van der Waals surface area contributed by atoms with E-state index in [0.717, 1.165) is 19.2 Å². The smallest absolute Gasteiger partial charge is 0.384 e. The van der Waals surface area contributed by atoms with E-state index in [-0.39, 0.29) is 5.56 Å². The topological polar surface area (TPSA) is 53.1 Å². The number of halogens is 3. The molecule has 3 nitrogen and oxygen atoms in total. The van der Waals surface area contributed by atoms with Gasteiger partial charge in [-0.15, -0.1) is 0 Å². The molecule has 6 heteroatoms. The zero-order valence-corrected chi connectivity index (χ0v) is 11.3. The first-order valence-corrected chi connectivity index (χ1v) is 6.63. The second kappa shape index (κ2) is 5.34. The van der Waals surface area contributed by atoms with E-state index < -0.39 is 17.6 Å². The predicted molar refractivity (Wildman–Crippen MR) is 73.1 cm³/mol. The summed E-state index contributed by atoms with van der Waals surface area (Å²) in [5.41, 5.74) is 4.90. The van der Waals surface area contributed by atoms with Crippen LogP contribution in [0.4, 0.5) is 18.9 Å². The second-order valence-electron chi connectivity index (χ2n) is 5.12. The lowest BCUT2D eigenvalue weighted by Crippen LogP contribution is -2.26. The molecule has 0 heterocycles. The van der Waals surface area contributed by atoms with E-state index in [4.69, 9.17) is 11.1 Å². The van der Waals surface area contributed by atoms with Crippen molar-refractivity contribution in [3.8, 4) is 0 Å². The Kier molecular flexibility index (Phi) is 3.92. The summed E-state index contributed by atoms with van der Waals surface area (Å²) in [5.74, 6) is 0.0830. The molecular formula is C14H18F3N3. The van der Waals surface area contributed by atoms with E-state index in [1.807, 2.05) is 11.8 Å². The van der Waals surface area contributed by atoms with Crippen LogP contribution in [0.3, 0.4) is 0 Å². The molecule has 2 rings (SSSR count). The largest absolute Gasteiger partial charge is 0.417 e. The van der Waals surface area contributed by atoms with Crippen LogP contribution in [0.25, 0.3) is 0 Å². The predicted octanol–water partition coefficient (Wildman–Crippen LogP) is 3.23. The van der Waals surface area contributed by atoms with E-state index >= 15 is 0 Å². The van der Waals surface area contributed by atoms with E-state index in [2.05, 4.69) is 0 Å². The summed E-state index contributed by atoms with van der Waals surface area (Å²) in [6, 6.07) is 3.85. The van der Waals surface area contributed by atoms with E-state index in [1.54, 1.807) is 0 Å². The highest BCUT2D eigenvalue weighted by atomic mass is 19.4. The number of rotatable bonds is 5. The van der Waals surface area contributed by atoms with Crippen molar-refractivity contribution in [3.05, 3.63) is 29.3 Å². The normalized spacial score (nSPS) is 15.2. The summed E-state index contributed by atoms with van der Waals surface area (Å²) in [4.78, 5) is 2.03. The fourth-order valence-electron chi connectivity index (χ4n) is 2.23. The number of amidine groups is 1. The van der Waals surface area contributed by atoms with Crippen LogP contribution in [0.5, 0.6) is 0 Å². The van der Waals surface area contributed by atoms with Gasteiger partial charge in [0.1, 0.15) is 5.84 Å². The molecule has 1 aliphatic rings. The maximum absolute atomic E-state index is 12.9. The molecule has 0 saturated heterocycles. The molecule has 0 bridgehead atoms. The maximum atomic E-state index is 12.9. The number of nitrogens with one attached hydrogen (secondary N) is 1. The highest BCUT2D eigenvalue weighted by molar-refractivity contribution is 5.97. The van der Waals surface area contributed by atoms with Gasteiger partial charge in [-0.05, 0) is 43.9 Å². The molecule has 0 aliphatic heterocycles. The summed E-state index contributed by atoms with van der Waals surface area (Å²) < 4.78 is 38.6. The number of nitrogen functional groups attached to an aromatic ring is 1. The number of benzene rings is 1. The Morgan fingerprint density at radius 1 is 1.40 bits per heavy atom. The number of nitrogens with two attached hydrogens (primary N) is 1. The van der Waals surface area contributed by atoms with Crippen molar-refractivity contribution in [1.82, 2.24) is 0 Å². The Balaban J connectivity index is 2.35. The van der Waals surface area contributed by atoms with Gasteiger partial charge < -0.3 is 10.6 Å². The molecule has 0 aromatic heterocycles. The zero-order valence-electron chi connectivity index (χ0n) is 11.3. The van der Waals surface area contributed by atoms with Gasteiger partial charge in [0, 0.05) is 24.3 Å². The third kappa shape index (κ3) is 3.23. The SMILES string of the molecule is CCN(CC1CC1)c1ccc(C(F)(F)F)c(C(=N)N)c1. The molecule has 20 heavy (non-hydrogen) atoms. The Bertz CT molecular complexity index is 507. The molecule has 1 aromatic carbocycles. The average Bonchev–Trinajstić information content (AvgIpc) is 3.18. The van der Waals surface area contributed by atoms with Gasteiger partial charge in [-0.25, -0.2) is 0 Å². The minimum absolute atomic E-state index is 0.246. The number of anilines is 1. The van der Waals surface area contributed by atoms with Gasteiger partial charge >= 0.3 is 6.18 Å². The highest BCUT2D eigenvalue weighted by Gasteiger charge is 2.34. The van der Waals surface area contributed by atoms with Crippen molar-refractivity contribution in [1.29, 1.82) is 5.41 Å². The van der Waals surface area contributed by atoms with Crippen LogP contribution in [0.15, 0.2) is 18.2 Å². The summed E-state index contributed by atoms with van der Waals surface area (Å²) in [6.45, 7) is 3.53. The van der Waals surface area contributed by atoms with E-state index in [0.29, 0.717) is 11.6 Å². The third-order valence-electron chi connectivity index (χ3n) is 3.52. The quantitative estimate of drug-likeness (QED) is 0.644. The first kappa shape index (κ1) is 14.7. The van der Waals surface area contributed by atoms with E-state index in [9.17, 15) is 13.2 Å². The fraction of sp³-hybridized carbons (Fsp3) is 0.500. The number of nitrogens with zero attached hydrogens (tertiary/aromatic N) is 1. The number of alkyl halides is 3. The monoisotopic (exact) mass is 285 g/mol. The highest BCUT2D eigenvalue weighted by Crippen LogP contribution is 2.35. The molecule has 3 N–H and O–H groups in total.